The minimum atomic E-state index is -0.184. The van der Waals surface area contributed by atoms with Crippen LogP contribution in [0.1, 0.15) is 67.1 Å². The summed E-state index contributed by atoms with van der Waals surface area (Å²) >= 11 is 6.00. The number of rotatable bonds is 13. The quantitative estimate of drug-likeness (QED) is 0.279. The SMILES string of the molecule is CCCCN(C)C(=O)CCCCCNC(=O)Cc1c(C)n(C(=O)c2ccc(Cl)cc2)c2ccc(OC)cc12. The first-order valence-electron chi connectivity index (χ1n) is 13.3. The molecule has 0 aliphatic rings. The number of ether oxygens (including phenoxy) is 1. The number of hydrogen-bond donors (Lipinski definition) is 1. The third-order valence-corrected chi connectivity index (χ3v) is 7.09. The fourth-order valence-electron chi connectivity index (χ4n) is 4.54. The summed E-state index contributed by atoms with van der Waals surface area (Å²) in [5.74, 6) is 0.545. The number of nitrogens with one attached hydrogen (secondary N) is 1. The number of methoxy groups -OCH3 is 1. The second-order valence-electron chi connectivity index (χ2n) is 9.60. The van der Waals surface area contributed by atoms with Crippen molar-refractivity contribution < 1.29 is 19.1 Å². The van der Waals surface area contributed by atoms with Crippen LogP contribution in [0.3, 0.4) is 0 Å². The van der Waals surface area contributed by atoms with Gasteiger partial charge in [0.25, 0.3) is 5.91 Å². The summed E-state index contributed by atoms with van der Waals surface area (Å²) in [7, 11) is 3.45. The molecule has 0 bridgehead atoms. The van der Waals surface area contributed by atoms with Gasteiger partial charge in [-0.1, -0.05) is 31.4 Å². The van der Waals surface area contributed by atoms with Gasteiger partial charge in [0.2, 0.25) is 11.8 Å². The van der Waals surface area contributed by atoms with Gasteiger partial charge in [-0.3, -0.25) is 19.0 Å². The molecule has 1 N–H and O–H groups in total. The van der Waals surface area contributed by atoms with Crippen LogP contribution in [-0.4, -0.2) is 54.4 Å². The normalized spacial score (nSPS) is 11.0. The molecule has 2 aromatic carbocycles. The molecule has 0 spiro atoms. The Hall–Kier alpha value is -3.32. The van der Waals surface area contributed by atoms with Crippen LogP contribution in [0.4, 0.5) is 0 Å². The number of benzene rings is 2. The van der Waals surface area contributed by atoms with Gasteiger partial charge in [0.15, 0.2) is 0 Å². The molecule has 0 atom stereocenters. The maximum Gasteiger partial charge on any atom is 0.262 e. The molecule has 3 rings (SSSR count). The second-order valence-corrected chi connectivity index (χ2v) is 10.0. The standard InChI is InChI=1S/C30H38ClN3O4/c1-5-6-18-33(3)29(36)10-8-7-9-17-32-28(35)20-25-21(2)34(27-16-15-24(38-4)19-26(25)27)30(37)22-11-13-23(31)14-12-22/h11-16,19H,5-10,17-18,20H2,1-4H3,(H,32,35). The molecule has 0 unspecified atom stereocenters. The van der Waals surface area contributed by atoms with Crippen LogP contribution < -0.4 is 10.1 Å². The highest BCUT2D eigenvalue weighted by atomic mass is 35.5. The van der Waals surface area contributed by atoms with Crippen LogP contribution in [0, 0.1) is 6.92 Å². The van der Waals surface area contributed by atoms with Crippen molar-refractivity contribution in [3.63, 3.8) is 0 Å². The van der Waals surface area contributed by atoms with Crippen molar-refractivity contribution >= 4 is 40.2 Å². The van der Waals surface area contributed by atoms with Gasteiger partial charge in [0.1, 0.15) is 5.75 Å². The smallest absolute Gasteiger partial charge is 0.262 e. The molecular formula is C30H38ClN3O4. The van der Waals surface area contributed by atoms with Gasteiger partial charge < -0.3 is 15.0 Å². The molecule has 0 aliphatic carbocycles. The third kappa shape index (κ3) is 7.38. The zero-order valence-corrected chi connectivity index (χ0v) is 23.6. The summed E-state index contributed by atoms with van der Waals surface area (Å²) in [6.45, 7) is 5.32. The Kier molecular flexibility index (Phi) is 10.8. The minimum absolute atomic E-state index is 0.107. The van der Waals surface area contributed by atoms with E-state index in [0.29, 0.717) is 35.0 Å². The maximum absolute atomic E-state index is 13.4. The number of hydrogen-bond acceptors (Lipinski definition) is 4. The largest absolute Gasteiger partial charge is 0.497 e. The van der Waals surface area contributed by atoms with E-state index in [9.17, 15) is 14.4 Å². The fourth-order valence-corrected chi connectivity index (χ4v) is 4.66. The van der Waals surface area contributed by atoms with E-state index < -0.39 is 0 Å². The van der Waals surface area contributed by atoms with Gasteiger partial charge in [-0.2, -0.15) is 0 Å². The maximum atomic E-state index is 13.4. The number of carbonyl (C=O) groups is 3. The molecular weight excluding hydrogens is 502 g/mol. The van der Waals surface area contributed by atoms with Crippen molar-refractivity contribution in [2.75, 3.05) is 27.2 Å². The lowest BCUT2D eigenvalue weighted by atomic mass is 10.1. The summed E-state index contributed by atoms with van der Waals surface area (Å²) in [6, 6.07) is 12.3. The monoisotopic (exact) mass is 539 g/mol. The van der Waals surface area contributed by atoms with E-state index in [-0.39, 0.29) is 24.1 Å². The first kappa shape index (κ1) is 29.2. The Morgan fingerprint density at radius 2 is 1.76 bits per heavy atom. The molecule has 38 heavy (non-hydrogen) atoms. The summed E-state index contributed by atoms with van der Waals surface area (Å²) in [4.78, 5) is 40.2. The van der Waals surface area contributed by atoms with Crippen LogP contribution >= 0.6 is 11.6 Å². The molecule has 0 fully saturated rings. The van der Waals surface area contributed by atoms with Crippen molar-refractivity contribution in [2.24, 2.45) is 0 Å². The second kappa shape index (κ2) is 14.0. The Morgan fingerprint density at radius 3 is 2.45 bits per heavy atom. The molecule has 1 heterocycles. The summed E-state index contributed by atoms with van der Waals surface area (Å²) < 4.78 is 7.05. The molecule has 7 nitrogen and oxygen atoms in total. The average Bonchev–Trinajstić information content (AvgIpc) is 3.18. The van der Waals surface area contributed by atoms with Crippen LogP contribution in [0.15, 0.2) is 42.5 Å². The van der Waals surface area contributed by atoms with Gasteiger partial charge in [0, 0.05) is 48.2 Å². The van der Waals surface area contributed by atoms with Gasteiger partial charge in [-0.15, -0.1) is 0 Å². The highest BCUT2D eigenvalue weighted by molar-refractivity contribution is 6.30. The topological polar surface area (TPSA) is 80.6 Å². The lowest BCUT2D eigenvalue weighted by molar-refractivity contribution is -0.130. The van der Waals surface area contributed by atoms with E-state index in [4.69, 9.17) is 16.3 Å². The first-order chi connectivity index (χ1) is 18.3. The Balaban J connectivity index is 1.63. The van der Waals surface area contributed by atoms with Gasteiger partial charge in [-0.05, 0) is 74.2 Å². The molecule has 0 saturated heterocycles. The number of unbranched alkanes of at least 4 members (excludes halogenated alkanes) is 3. The highest BCUT2D eigenvalue weighted by Gasteiger charge is 2.22. The van der Waals surface area contributed by atoms with E-state index in [1.54, 1.807) is 40.8 Å². The Morgan fingerprint density at radius 1 is 1.03 bits per heavy atom. The predicted octanol–water partition coefficient (Wildman–Crippen LogP) is 5.78. The number of nitrogens with zero attached hydrogens (tertiary/aromatic N) is 2. The van der Waals surface area contributed by atoms with Crippen LogP contribution in [-0.2, 0) is 16.0 Å². The van der Waals surface area contributed by atoms with Gasteiger partial charge in [0.05, 0.1) is 19.0 Å². The van der Waals surface area contributed by atoms with Crippen molar-refractivity contribution in [3.8, 4) is 5.75 Å². The molecule has 3 aromatic rings. The molecule has 0 aliphatic heterocycles. The first-order valence-corrected chi connectivity index (χ1v) is 13.6. The lowest BCUT2D eigenvalue weighted by Gasteiger charge is -2.16. The van der Waals surface area contributed by atoms with E-state index in [2.05, 4.69) is 12.2 Å². The Labute approximate surface area is 230 Å². The number of fused-ring (bicyclic) bond motifs is 1. The molecule has 2 amide bonds. The zero-order chi connectivity index (χ0) is 27.7. The van der Waals surface area contributed by atoms with E-state index in [1.807, 2.05) is 32.2 Å². The fraction of sp³-hybridized carbons (Fsp3) is 0.433. The number of amides is 2. The summed E-state index contributed by atoms with van der Waals surface area (Å²) in [5.41, 5.74) is 2.74. The molecule has 204 valence electrons. The molecule has 8 heteroatoms. The van der Waals surface area contributed by atoms with Crippen molar-refractivity contribution in [2.45, 2.75) is 58.8 Å². The molecule has 0 saturated carbocycles. The summed E-state index contributed by atoms with van der Waals surface area (Å²) in [6.07, 6.45) is 5.27. The number of aromatic nitrogens is 1. The average molecular weight is 540 g/mol. The van der Waals surface area contributed by atoms with Gasteiger partial charge >= 0.3 is 0 Å². The van der Waals surface area contributed by atoms with E-state index in [1.165, 1.54) is 0 Å². The Bertz CT molecular complexity index is 1270. The third-order valence-electron chi connectivity index (χ3n) is 6.84. The van der Waals surface area contributed by atoms with E-state index >= 15 is 0 Å². The van der Waals surface area contributed by atoms with E-state index in [0.717, 1.165) is 55.1 Å². The zero-order valence-electron chi connectivity index (χ0n) is 22.8. The van der Waals surface area contributed by atoms with Crippen LogP contribution in [0.25, 0.3) is 10.9 Å². The van der Waals surface area contributed by atoms with Crippen molar-refractivity contribution in [1.29, 1.82) is 0 Å². The lowest BCUT2D eigenvalue weighted by Crippen LogP contribution is -2.27. The number of halogens is 1. The molecule has 0 radical (unpaired) electrons. The number of carbonyl (C=O) groups excluding carboxylic acids is 3. The van der Waals surface area contributed by atoms with Crippen molar-refractivity contribution in [3.05, 3.63) is 64.3 Å². The highest BCUT2D eigenvalue weighted by Crippen LogP contribution is 2.31. The summed E-state index contributed by atoms with van der Waals surface area (Å²) in [5, 5.41) is 4.36. The predicted molar refractivity (Wildman–Crippen MR) is 152 cm³/mol. The van der Waals surface area contributed by atoms with Crippen molar-refractivity contribution in [1.82, 2.24) is 14.8 Å². The molecule has 1 aromatic heterocycles. The van der Waals surface area contributed by atoms with Crippen LogP contribution in [0.5, 0.6) is 5.75 Å². The van der Waals surface area contributed by atoms with Gasteiger partial charge in [-0.25, -0.2) is 0 Å². The minimum Gasteiger partial charge on any atom is -0.497 e. The van der Waals surface area contributed by atoms with Crippen LogP contribution in [0.2, 0.25) is 5.02 Å².